The third kappa shape index (κ3) is 2.98. The van der Waals surface area contributed by atoms with Crippen LogP contribution in [-0.2, 0) is 0 Å². The van der Waals surface area contributed by atoms with Crippen molar-refractivity contribution in [2.75, 3.05) is 13.1 Å². The Kier molecular flexibility index (Phi) is 3.86. The van der Waals surface area contributed by atoms with Gasteiger partial charge >= 0.3 is 0 Å². The molecule has 1 saturated heterocycles. The molecule has 0 aromatic rings. The van der Waals surface area contributed by atoms with Crippen LogP contribution in [0.3, 0.4) is 0 Å². The number of hydrogen-bond donors (Lipinski definition) is 1. The summed E-state index contributed by atoms with van der Waals surface area (Å²) in [4.78, 5) is 0. The zero-order chi connectivity index (χ0) is 9.80. The van der Waals surface area contributed by atoms with Crippen molar-refractivity contribution in [3.8, 4) is 0 Å². The van der Waals surface area contributed by atoms with E-state index < -0.39 is 0 Å². The van der Waals surface area contributed by atoms with Crippen LogP contribution in [0.15, 0.2) is 0 Å². The molecule has 14 heavy (non-hydrogen) atoms. The predicted octanol–water partition coefficient (Wildman–Crippen LogP) is 3.20. The smallest absolute Gasteiger partial charge is 0.00202 e. The molecule has 0 bridgehead atoms. The van der Waals surface area contributed by atoms with Gasteiger partial charge in [-0.3, -0.25) is 0 Å². The second-order valence-corrected chi connectivity index (χ2v) is 5.60. The summed E-state index contributed by atoms with van der Waals surface area (Å²) in [6.45, 7) is 4.93. The Morgan fingerprint density at radius 2 is 1.79 bits per heavy atom. The first kappa shape index (κ1) is 10.5. The fraction of sp³-hybridized carbons (Fsp3) is 1.00. The predicted molar refractivity (Wildman–Crippen MR) is 61.3 cm³/mol. The fourth-order valence-corrected chi connectivity index (χ4v) is 3.34. The van der Waals surface area contributed by atoms with Crippen molar-refractivity contribution in [3.05, 3.63) is 0 Å². The maximum Gasteiger partial charge on any atom is -0.00202 e. The Labute approximate surface area is 88.7 Å². The van der Waals surface area contributed by atoms with Gasteiger partial charge in [0.15, 0.2) is 0 Å². The summed E-state index contributed by atoms with van der Waals surface area (Å²) in [5.74, 6) is 2.97. The van der Waals surface area contributed by atoms with E-state index >= 15 is 0 Å². The topological polar surface area (TPSA) is 12.0 Å². The zero-order valence-corrected chi connectivity index (χ0v) is 9.60. The van der Waals surface area contributed by atoms with Crippen molar-refractivity contribution in [2.45, 2.75) is 51.9 Å². The molecule has 2 aliphatic rings. The molecule has 1 saturated carbocycles. The van der Waals surface area contributed by atoms with E-state index in [4.69, 9.17) is 0 Å². The standard InChI is InChI=1S/C13H25N/c1-11-7-13(10-14-9-11)8-12-5-3-2-4-6-12/h11-14H,2-10H2,1H3. The average molecular weight is 195 g/mol. The van der Waals surface area contributed by atoms with Crippen molar-refractivity contribution >= 4 is 0 Å². The maximum absolute atomic E-state index is 3.57. The lowest BCUT2D eigenvalue weighted by Crippen LogP contribution is -2.36. The lowest BCUT2D eigenvalue weighted by molar-refractivity contribution is 0.225. The Hall–Kier alpha value is -0.0400. The molecule has 2 unspecified atom stereocenters. The molecule has 1 nitrogen and oxygen atoms in total. The molecule has 1 heterocycles. The van der Waals surface area contributed by atoms with Crippen LogP contribution in [0.2, 0.25) is 0 Å². The molecule has 0 aromatic heterocycles. The monoisotopic (exact) mass is 195 g/mol. The molecule has 0 aromatic carbocycles. The highest BCUT2D eigenvalue weighted by atomic mass is 14.9. The van der Waals surface area contributed by atoms with Crippen LogP contribution in [0, 0.1) is 17.8 Å². The Morgan fingerprint density at radius 3 is 2.50 bits per heavy atom. The van der Waals surface area contributed by atoms with Crippen LogP contribution in [0.4, 0.5) is 0 Å². The Balaban J connectivity index is 1.72. The number of piperidine rings is 1. The van der Waals surface area contributed by atoms with Gasteiger partial charge in [0.2, 0.25) is 0 Å². The lowest BCUT2D eigenvalue weighted by atomic mass is 9.79. The highest BCUT2D eigenvalue weighted by Gasteiger charge is 2.22. The van der Waals surface area contributed by atoms with Gasteiger partial charge in [0.05, 0.1) is 0 Å². The molecule has 0 amide bonds. The summed E-state index contributed by atoms with van der Waals surface area (Å²) in [6, 6.07) is 0. The second kappa shape index (κ2) is 5.16. The van der Waals surface area contributed by atoms with E-state index in [2.05, 4.69) is 12.2 Å². The van der Waals surface area contributed by atoms with Crippen molar-refractivity contribution in [1.82, 2.24) is 5.32 Å². The van der Waals surface area contributed by atoms with E-state index in [9.17, 15) is 0 Å². The van der Waals surface area contributed by atoms with Crippen LogP contribution < -0.4 is 5.32 Å². The van der Waals surface area contributed by atoms with Crippen LogP contribution >= 0.6 is 0 Å². The summed E-state index contributed by atoms with van der Waals surface area (Å²) in [6.07, 6.45) is 10.5. The third-order valence-electron chi connectivity index (χ3n) is 4.05. The van der Waals surface area contributed by atoms with Gasteiger partial charge in [-0.1, -0.05) is 39.0 Å². The van der Waals surface area contributed by atoms with E-state index in [1.165, 1.54) is 58.0 Å². The minimum Gasteiger partial charge on any atom is -0.316 e. The van der Waals surface area contributed by atoms with Crippen molar-refractivity contribution in [1.29, 1.82) is 0 Å². The minimum atomic E-state index is 0.914. The molecule has 2 fully saturated rings. The van der Waals surface area contributed by atoms with Gasteiger partial charge < -0.3 is 5.32 Å². The molecular formula is C13H25N. The summed E-state index contributed by atoms with van der Waals surface area (Å²) in [5.41, 5.74) is 0. The molecule has 1 aliphatic heterocycles. The Bertz CT molecular complexity index is 161. The molecule has 0 radical (unpaired) electrons. The van der Waals surface area contributed by atoms with Crippen molar-refractivity contribution < 1.29 is 0 Å². The first-order valence-electron chi connectivity index (χ1n) is 6.55. The van der Waals surface area contributed by atoms with Gasteiger partial charge in [-0.15, -0.1) is 0 Å². The van der Waals surface area contributed by atoms with Gasteiger partial charge in [-0.25, -0.2) is 0 Å². The Morgan fingerprint density at radius 1 is 1.00 bits per heavy atom. The highest BCUT2D eigenvalue weighted by Crippen LogP contribution is 2.31. The molecule has 2 rings (SSSR count). The molecule has 1 aliphatic carbocycles. The van der Waals surface area contributed by atoms with Gasteiger partial charge in [0, 0.05) is 0 Å². The summed E-state index contributed by atoms with van der Waals surface area (Å²) < 4.78 is 0. The lowest BCUT2D eigenvalue weighted by Gasteiger charge is -2.32. The van der Waals surface area contributed by atoms with Crippen molar-refractivity contribution in [3.63, 3.8) is 0 Å². The zero-order valence-electron chi connectivity index (χ0n) is 9.60. The first-order valence-corrected chi connectivity index (χ1v) is 6.55. The molecule has 1 heteroatoms. The van der Waals surface area contributed by atoms with E-state index in [0.29, 0.717) is 0 Å². The molecule has 82 valence electrons. The van der Waals surface area contributed by atoms with Crippen LogP contribution in [0.25, 0.3) is 0 Å². The number of nitrogens with one attached hydrogen (secondary N) is 1. The minimum absolute atomic E-state index is 0.914. The molecule has 0 spiro atoms. The van der Waals surface area contributed by atoms with E-state index in [1.54, 1.807) is 0 Å². The van der Waals surface area contributed by atoms with Gasteiger partial charge in [-0.05, 0) is 43.7 Å². The van der Waals surface area contributed by atoms with Crippen LogP contribution in [0.5, 0.6) is 0 Å². The number of rotatable bonds is 2. The van der Waals surface area contributed by atoms with Crippen LogP contribution in [-0.4, -0.2) is 13.1 Å². The van der Waals surface area contributed by atoms with Crippen LogP contribution in [0.1, 0.15) is 51.9 Å². The van der Waals surface area contributed by atoms with E-state index in [1.807, 2.05) is 0 Å². The first-order chi connectivity index (χ1) is 6.84. The third-order valence-corrected chi connectivity index (χ3v) is 4.05. The fourth-order valence-electron chi connectivity index (χ4n) is 3.34. The summed E-state index contributed by atoms with van der Waals surface area (Å²) in [5, 5.41) is 3.57. The maximum atomic E-state index is 3.57. The normalized spacial score (nSPS) is 35.8. The average Bonchev–Trinajstić information content (AvgIpc) is 2.19. The van der Waals surface area contributed by atoms with Gasteiger partial charge in [0.25, 0.3) is 0 Å². The van der Waals surface area contributed by atoms with Gasteiger partial charge in [0.1, 0.15) is 0 Å². The summed E-state index contributed by atoms with van der Waals surface area (Å²) in [7, 11) is 0. The molecule has 2 atom stereocenters. The number of hydrogen-bond acceptors (Lipinski definition) is 1. The highest BCUT2D eigenvalue weighted by molar-refractivity contribution is 4.77. The molecule has 1 N–H and O–H groups in total. The van der Waals surface area contributed by atoms with E-state index in [0.717, 1.165) is 17.8 Å². The SMILES string of the molecule is CC1CNCC(CC2CCCCC2)C1. The second-order valence-electron chi connectivity index (χ2n) is 5.60. The molecular weight excluding hydrogens is 170 g/mol. The largest absolute Gasteiger partial charge is 0.316 e. The quantitative estimate of drug-likeness (QED) is 0.713. The van der Waals surface area contributed by atoms with Crippen molar-refractivity contribution in [2.24, 2.45) is 17.8 Å². The van der Waals surface area contributed by atoms with Gasteiger partial charge in [-0.2, -0.15) is 0 Å². The summed E-state index contributed by atoms with van der Waals surface area (Å²) >= 11 is 0. The van der Waals surface area contributed by atoms with E-state index in [-0.39, 0.29) is 0 Å².